The number of hydrogen-bond acceptors (Lipinski definition) is 2. The third-order valence-corrected chi connectivity index (χ3v) is 5.21. The predicted molar refractivity (Wildman–Crippen MR) is 87.8 cm³/mol. The topological polar surface area (TPSA) is 21.3 Å². The maximum absolute atomic E-state index is 6.61. The highest BCUT2D eigenvalue weighted by Crippen LogP contribution is 2.52. The molecule has 21 heavy (non-hydrogen) atoms. The molecule has 2 aliphatic rings. The van der Waals surface area contributed by atoms with Crippen molar-refractivity contribution in [1.29, 1.82) is 0 Å². The summed E-state index contributed by atoms with van der Waals surface area (Å²) in [5.74, 6) is 1.83. The molecule has 1 saturated carbocycles. The van der Waals surface area contributed by atoms with Crippen molar-refractivity contribution in [2.45, 2.75) is 65.0 Å². The fraction of sp³-hybridized carbons (Fsp3) is 0.684. The first-order valence-corrected chi connectivity index (χ1v) is 8.29. The van der Waals surface area contributed by atoms with Crippen molar-refractivity contribution in [2.24, 2.45) is 11.3 Å². The van der Waals surface area contributed by atoms with E-state index in [1.54, 1.807) is 0 Å². The summed E-state index contributed by atoms with van der Waals surface area (Å²) in [6, 6.07) is 7.03. The molecule has 3 rings (SSSR count). The number of hydrogen-bond donors (Lipinski definition) is 1. The van der Waals surface area contributed by atoms with Crippen LogP contribution >= 0.6 is 0 Å². The Balaban J connectivity index is 1.98. The lowest BCUT2D eigenvalue weighted by molar-refractivity contribution is -0.0595. The molecular weight excluding hydrogens is 258 g/mol. The van der Waals surface area contributed by atoms with Gasteiger partial charge < -0.3 is 10.1 Å². The number of rotatable bonds is 1. The van der Waals surface area contributed by atoms with E-state index < -0.39 is 0 Å². The van der Waals surface area contributed by atoms with Crippen LogP contribution in [0.15, 0.2) is 18.2 Å². The maximum Gasteiger partial charge on any atom is 0.124 e. The Morgan fingerprint density at radius 1 is 1.19 bits per heavy atom. The molecule has 3 atom stereocenters. The van der Waals surface area contributed by atoms with Gasteiger partial charge in [0.15, 0.2) is 0 Å². The van der Waals surface area contributed by atoms with Gasteiger partial charge in [0.05, 0.1) is 0 Å². The van der Waals surface area contributed by atoms with Gasteiger partial charge in [-0.25, -0.2) is 0 Å². The van der Waals surface area contributed by atoms with Crippen molar-refractivity contribution in [2.75, 3.05) is 7.05 Å². The van der Waals surface area contributed by atoms with Crippen LogP contribution in [0.3, 0.4) is 0 Å². The molecule has 1 aliphatic carbocycles. The molecule has 1 N–H and O–H groups in total. The molecule has 2 heteroatoms. The van der Waals surface area contributed by atoms with Crippen LogP contribution in [0.4, 0.5) is 0 Å². The summed E-state index contributed by atoms with van der Waals surface area (Å²) in [6.45, 7) is 9.33. The van der Waals surface area contributed by atoms with E-state index >= 15 is 0 Å². The predicted octanol–water partition coefficient (Wildman–Crippen LogP) is 4.62. The molecule has 1 spiro atoms. The van der Waals surface area contributed by atoms with E-state index in [1.165, 1.54) is 24.0 Å². The molecule has 2 nitrogen and oxygen atoms in total. The summed E-state index contributed by atoms with van der Waals surface area (Å²) < 4.78 is 6.61. The van der Waals surface area contributed by atoms with E-state index in [9.17, 15) is 0 Å². The SMILES string of the molecule is CNC1CC2(CC(C)CC(C)(C)C2)Oc2ccc(C)cc21. The Morgan fingerprint density at radius 3 is 2.62 bits per heavy atom. The molecule has 3 unspecified atom stereocenters. The summed E-state index contributed by atoms with van der Waals surface area (Å²) in [6.07, 6.45) is 4.74. The zero-order valence-electron chi connectivity index (χ0n) is 14.1. The van der Waals surface area contributed by atoms with Gasteiger partial charge in [-0.2, -0.15) is 0 Å². The molecule has 1 aliphatic heterocycles. The second-order valence-corrected chi connectivity index (χ2v) is 8.23. The molecular formula is C19H29NO. The van der Waals surface area contributed by atoms with E-state index in [-0.39, 0.29) is 5.60 Å². The monoisotopic (exact) mass is 287 g/mol. The average molecular weight is 287 g/mol. The van der Waals surface area contributed by atoms with Crippen molar-refractivity contribution in [3.8, 4) is 5.75 Å². The fourth-order valence-electron chi connectivity index (χ4n) is 4.95. The van der Waals surface area contributed by atoms with Crippen LogP contribution in [-0.2, 0) is 0 Å². The molecule has 0 aromatic heterocycles. The number of ether oxygens (including phenoxy) is 1. The van der Waals surface area contributed by atoms with Crippen LogP contribution in [-0.4, -0.2) is 12.6 Å². The van der Waals surface area contributed by atoms with Crippen LogP contribution in [0, 0.1) is 18.3 Å². The van der Waals surface area contributed by atoms with Crippen molar-refractivity contribution in [1.82, 2.24) is 5.32 Å². The summed E-state index contributed by atoms with van der Waals surface area (Å²) in [4.78, 5) is 0. The molecule has 1 aromatic carbocycles. The Kier molecular flexibility index (Phi) is 3.56. The Hall–Kier alpha value is -1.02. The molecule has 1 aromatic rings. The highest BCUT2D eigenvalue weighted by molar-refractivity contribution is 5.42. The first kappa shape index (κ1) is 14.9. The standard InChI is InChI=1S/C19H29NO/c1-13-6-7-17-15(8-13)16(20-5)11-19(21-17)10-14(2)9-18(3,4)12-19/h6-8,14,16,20H,9-12H2,1-5H3. The van der Waals surface area contributed by atoms with E-state index in [1.807, 2.05) is 0 Å². The van der Waals surface area contributed by atoms with Crippen molar-refractivity contribution >= 4 is 0 Å². The number of nitrogens with one attached hydrogen (secondary N) is 1. The summed E-state index contributed by atoms with van der Waals surface area (Å²) in [5, 5.41) is 3.52. The third-order valence-electron chi connectivity index (χ3n) is 5.21. The van der Waals surface area contributed by atoms with Crippen molar-refractivity contribution in [3.63, 3.8) is 0 Å². The molecule has 0 amide bonds. The van der Waals surface area contributed by atoms with E-state index in [4.69, 9.17) is 4.74 Å². The van der Waals surface area contributed by atoms with Gasteiger partial charge in [-0.05, 0) is 50.6 Å². The molecule has 0 radical (unpaired) electrons. The fourth-order valence-corrected chi connectivity index (χ4v) is 4.95. The number of aryl methyl sites for hydroxylation is 1. The highest BCUT2D eigenvalue weighted by Gasteiger charge is 2.48. The molecule has 1 fully saturated rings. The highest BCUT2D eigenvalue weighted by atomic mass is 16.5. The van der Waals surface area contributed by atoms with Gasteiger partial charge in [0.2, 0.25) is 0 Å². The lowest BCUT2D eigenvalue weighted by Crippen LogP contribution is -2.50. The summed E-state index contributed by atoms with van der Waals surface area (Å²) in [7, 11) is 2.08. The third kappa shape index (κ3) is 2.83. The van der Waals surface area contributed by atoms with Crippen LogP contribution in [0.2, 0.25) is 0 Å². The van der Waals surface area contributed by atoms with Crippen molar-refractivity contribution in [3.05, 3.63) is 29.3 Å². The first-order valence-electron chi connectivity index (χ1n) is 8.29. The van der Waals surface area contributed by atoms with Gasteiger partial charge >= 0.3 is 0 Å². The molecule has 0 bridgehead atoms. The summed E-state index contributed by atoms with van der Waals surface area (Å²) in [5.41, 5.74) is 3.03. The van der Waals surface area contributed by atoms with Crippen LogP contribution in [0.1, 0.15) is 63.6 Å². The molecule has 1 heterocycles. The summed E-state index contributed by atoms with van der Waals surface area (Å²) >= 11 is 0. The zero-order chi connectivity index (χ0) is 15.3. The van der Waals surface area contributed by atoms with Crippen LogP contribution in [0.5, 0.6) is 5.75 Å². The first-order chi connectivity index (χ1) is 9.82. The smallest absolute Gasteiger partial charge is 0.124 e. The van der Waals surface area contributed by atoms with Gasteiger partial charge in [-0.15, -0.1) is 0 Å². The Morgan fingerprint density at radius 2 is 1.95 bits per heavy atom. The largest absolute Gasteiger partial charge is 0.487 e. The van der Waals surface area contributed by atoms with Crippen LogP contribution in [0.25, 0.3) is 0 Å². The zero-order valence-corrected chi connectivity index (χ0v) is 14.1. The number of fused-ring (bicyclic) bond motifs is 1. The lowest BCUT2D eigenvalue weighted by Gasteiger charge is -2.51. The normalized spacial score (nSPS) is 34.3. The van der Waals surface area contributed by atoms with Gasteiger partial charge in [-0.1, -0.05) is 38.5 Å². The minimum absolute atomic E-state index is 0.0110. The van der Waals surface area contributed by atoms with Crippen LogP contribution < -0.4 is 10.1 Å². The van der Waals surface area contributed by atoms with E-state index in [0.717, 1.165) is 24.5 Å². The Labute approximate surface area is 129 Å². The van der Waals surface area contributed by atoms with E-state index in [0.29, 0.717) is 11.5 Å². The second-order valence-electron chi connectivity index (χ2n) is 8.23. The number of benzene rings is 1. The van der Waals surface area contributed by atoms with Gasteiger partial charge in [0.1, 0.15) is 11.4 Å². The molecule has 116 valence electrons. The van der Waals surface area contributed by atoms with Gasteiger partial charge in [-0.3, -0.25) is 0 Å². The quantitative estimate of drug-likeness (QED) is 0.813. The maximum atomic E-state index is 6.61. The molecule has 0 saturated heterocycles. The lowest BCUT2D eigenvalue weighted by atomic mass is 9.63. The average Bonchev–Trinajstić information content (AvgIpc) is 2.35. The minimum atomic E-state index is 0.0110. The van der Waals surface area contributed by atoms with E-state index in [2.05, 4.69) is 58.3 Å². The Bertz CT molecular complexity index is 536. The second kappa shape index (κ2) is 5.01. The van der Waals surface area contributed by atoms with Gasteiger partial charge in [0, 0.05) is 18.0 Å². The minimum Gasteiger partial charge on any atom is -0.487 e. The van der Waals surface area contributed by atoms with Gasteiger partial charge in [0.25, 0.3) is 0 Å². The van der Waals surface area contributed by atoms with Crippen molar-refractivity contribution < 1.29 is 4.74 Å².